The molecule has 0 radical (unpaired) electrons. The molecule has 0 spiro atoms. The van der Waals surface area contributed by atoms with Crippen molar-refractivity contribution in [2.75, 3.05) is 0 Å². The fraction of sp³-hybridized carbons (Fsp3) is 0. The summed E-state index contributed by atoms with van der Waals surface area (Å²) in [7, 11) is 0. The molecule has 2 rings (SSSR count). The van der Waals surface area contributed by atoms with Crippen LogP contribution in [0.5, 0.6) is 0 Å². The lowest BCUT2D eigenvalue weighted by Gasteiger charge is -2.03. The maximum Gasteiger partial charge on any atom is 0.150 e. The quantitative estimate of drug-likeness (QED) is 0.795. The number of hydrogen-bond donors (Lipinski definition) is 0. The molecule has 0 saturated heterocycles. The van der Waals surface area contributed by atoms with Crippen LogP contribution in [-0.2, 0) is 0 Å². The molecular weight excluding hydrogens is 279 g/mol. The number of aromatic nitrogens is 2. The molecule has 76 valence electrons. The average Bonchev–Trinajstić information content (AvgIpc) is 2.64. The third kappa shape index (κ3) is 2.11. The zero-order valence-corrected chi connectivity index (χ0v) is 9.86. The molecule has 0 aliphatic heterocycles. The molecule has 0 saturated carbocycles. The topological polar surface area (TPSA) is 34.9 Å². The minimum Gasteiger partial charge on any atom is -0.298 e. The smallest absolute Gasteiger partial charge is 0.150 e. The van der Waals surface area contributed by atoms with E-state index in [4.69, 9.17) is 11.6 Å². The standard InChI is InChI=1S/C10H6BrClN2O/c11-8-4-13-14(5-8)10-2-1-7(6-15)3-9(10)12/h1-6H. The molecule has 0 bridgehead atoms. The Bertz CT molecular complexity index is 510. The van der Waals surface area contributed by atoms with E-state index in [9.17, 15) is 4.79 Å². The van der Waals surface area contributed by atoms with E-state index in [0.29, 0.717) is 10.6 Å². The van der Waals surface area contributed by atoms with Crippen molar-refractivity contribution in [3.8, 4) is 5.69 Å². The van der Waals surface area contributed by atoms with Gasteiger partial charge in [0.25, 0.3) is 0 Å². The van der Waals surface area contributed by atoms with E-state index in [1.54, 1.807) is 35.3 Å². The number of halogens is 2. The van der Waals surface area contributed by atoms with Crippen molar-refractivity contribution >= 4 is 33.8 Å². The molecule has 0 atom stereocenters. The fourth-order valence-electron chi connectivity index (χ4n) is 1.21. The average molecular weight is 286 g/mol. The summed E-state index contributed by atoms with van der Waals surface area (Å²) in [6.45, 7) is 0. The van der Waals surface area contributed by atoms with Gasteiger partial charge in [0, 0.05) is 11.8 Å². The summed E-state index contributed by atoms with van der Waals surface area (Å²) in [4.78, 5) is 10.5. The van der Waals surface area contributed by atoms with E-state index < -0.39 is 0 Å². The highest BCUT2D eigenvalue weighted by atomic mass is 79.9. The minimum absolute atomic E-state index is 0.496. The Kier molecular flexibility index (Phi) is 2.88. The van der Waals surface area contributed by atoms with Gasteiger partial charge in [0.1, 0.15) is 6.29 Å². The zero-order valence-electron chi connectivity index (χ0n) is 7.52. The normalized spacial score (nSPS) is 10.3. The van der Waals surface area contributed by atoms with Crippen LogP contribution < -0.4 is 0 Å². The van der Waals surface area contributed by atoms with Crippen LogP contribution in [0, 0.1) is 0 Å². The van der Waals surface area contributed by atoms with Gasteiger partial charge in [-0.3, -0.25) is 4.79 Å². The molecule has 0 amide bonds. The molecule has 1 heterocycles. The van der Waals surface area contributed by atoms with Gasteiger partial charge in [-0.15, -0.1) is 0 Å². The first-order valence-electron chi connectivity index (χ1n) is 4.16. The molecule has 3 nitrogen and oxygen atoms in total. The van der Waals surface area contributed by atoms with Crippen LogP contribution in [-0.4, -0.2) is 16.1 Å². The Morgan fingerprint density at radius 1 is 1.47 bits per heavy atom. The molecule has 1 aromatic carbocycles. The third-order valence-electron chi connectivity index (χ3n) is 1.91. The largest absolute Gasteiger partial charge is 0.298 e. The Morgan fingerprint density at radius 3 is 2.80 bits per heavy atom. The highest BCUT2D eigenvalue weighted by molar-refractivity contribution is 9.10. The van der Waals surface area contributed by atoms with Crippen LogP contribution in [0.4, 0.5) is 0 Å². The first kappa shape index (κ1) is 10.4. The van der Waals surface area contributed by atoms with Crippen molar-refractivity contribution in [3.05, 3.63) is 45.7 Å². The summed E-state index contributed by atoms with van der Waals surface area (Å²) in [5.41, 5.74) is 1.29. The number of rotatable bonds is 2. The summed E-state index contributed by atoms with van der Waals surface area (Å²) in [6, 6.07) is 5.06. The van der Waals surface area contributed by atoms with Crippen LogP contribution in [0.1, 0.15) is 10.4 Å². The predicted molar refractivity (Wildman–Crippen MR) is 61.7 cm³/mol. The minimum atomic E-state index is 0.496. The Balaban J connectivity index is 2.49. The van der Waals surface area contributed by atoms with Crippen LogP contribution in [0.15, 0.2) is 35.1 Å². The number of carbonyl (C=O) groups is 1. The fourth-order valence-corrected chi connectivity index (χ4v) is 1.78. The van der Waals surface area contributed by atoms with Gasteiger partial charge < -0.3 is 0 Å². The second kappa shape index (κ2) is 4.16. The molecule has 0 fully saturated rings. The van der Waals surface area contributed by atoms with E-state index in [1.165, 1.54) is 0 Å². The molecular formula is C10H6BrClN2O. The maximum atomic E-state index is 10.5. The molecule has 1 aromatic heterocycles. The van der Waals surface area contributed by atoms with E-state index in [1.807, 2.05) is 0 Å². The van der Waals surface area contributed by atoms with Crippen molar-refractivity contribution in [2.24, 2.45) is 0 Å². The number of aldehydes is 1. The number of nitrogens with zero attached hydrogens (tertiary/aromatic N) is 2. The van der Waals surface area contributed by atoms with E-state index >= 15 is 0 Å². The van der Waals surface area contributed by atoms with E-state index in [-0.39, 0.29) is 0 Å². The van der Waals surface area contributed by atoms with Crippen molar-refractivity contribution in [2.45, 2.75) is 0 Å². The first-order valence-corrected chi connectivity index (χ1v) is 5.33. The van der Waals surface area contributed by atoms with Crippen molar-refractivity contribution in [1.29, 1.82) is 0 Å². The Labute approximate surface area is 99.8 Å². The van der Waals surface area contributed by atoms with Gasteiger partial charge in [0.2, 0.25) is 0 Å². The third-order valence-corrected chi connectivity index (χ3v) is 2.62. The van der Waals surface area contributed by atoms with Gasteiger partial charge in [-0.2, -0.15) is 5.10 Å². The Morgan fingerprint density at radius 2 is 2.27 bits per heavy atom. The number of benzene rings is 1. The van der Waals surface area contributed by atoms with Gasteiger partial charge in [0.15, 0.2) is 0 Å². The lowest BCUT2D eigenvalue weighted by atomic mass is 10.2. The maximum absolute atomic E-state index is 10.5. The van der Waals surface area contributed by atoms with Gasteiger partial charge >= 0.3 is 0 Å². The number of carbonyl (C=O) groups excluding carboxylic acids is 1. The molecule has 0 unspecified atom stereocenters. The second-order valence-electron chi connectivity index (χ2n) is 2.93. The summed E-state index contributed by atoms with van der Waals surface area (Å²) >= 11 is 9.32. The summed E-state index contributed by atoms with van der Waals surface area (Å²) in [5.74, 6) is 0. The monoisotopic (exact) mass is 284 g/mol. The lowest BCUT2D eigenvalue weighted by molar-refractivity contribution is 0.112. The Hall–Kier alpha value is -1.13. The van der Waals surface area contributed by atoms with Crippen LogP contribution >= 0.6 is 27.5 Å². The van der Waals surface area contributed by atoms with Gasteiger partial charge in [-0.25, -0.2) is 4.68 Å². The summed E-state index contributed by atoms with van der Waals surface area (Å²) in [6.07, 6.45) is 4.22. The van der Waals surface area contributed by atoms with Crippen molar-refractivity contribution in [1.82, 2.24) is 9.78 Å². The van der Waals surface area contributed by atoms with Gasteiger partial charge in [-0.05, 0) is 34.1 Å². The zero-order chi connectivity index (χ0) is 10.8. The highest BCUT2D eigenvalue weighted by Crippen LogP contribution is 2.22. The van der Waals surface area contributed by atoms with Crippen LogP contribution in [0.3, 0.4) is 0 Å². The molecule has 2 aromatic rings. The SMILES string of the molecule is O=Cc1ccc(-n2cc(Br)cn2)c(Cl)c1. The van der Waals surface area contributed by atoms with Crippen LogP contribution in [0.2, 0.25) is 5.02 Å². The molecule has 5 heteroatoms. The molecule has 0 aliphatic rings. The molecule has 0 aliphatic carbocycles. The lowest BCUT2D eigenvalue weighted by Crippen LogP contribution is -1.95. The van der Waals surface area contributed by atoms with Crippen molar-refractivity contribution in [3.63, 3.8) is 0 Å². The van der Waals surface area contributed by atoms with E-state index in [2.05, 4.69) is 21.0 Å². The second-order valence-corrected chi connectivity index (χ2v) is 4.25. The molecule has 0 N–H and O–H groups in total. The number of hydrogen-bond acceptors (Lipinski definition) is 2. The van der Waals surface area contributed by atoms with E-state index in [0.717, 1.165) is 16.4 Å². The summed E-state index contributed by atoms with van der Waals surface area (Å²) in [5, 5.41) is 4.59. The van der Waals surface area contributed by atoms with Crippen LogP contribution in [0.25, 0.3) is 5.69 Å². The van der Waals surface area contributed by atoms with Crippen molar-refractivity contribution < 1.29 is 4.79 Å². The summed E-state index contributed by atoms with van der Waals surface area (Å²) < 4.78 is 2.51. The highest BCUT2D eigenvalue weighted by Gasteiger charge is 2.04. The van der Waals surface area contributed by atoms with Gasteiger partial charge in [0.05, 0.1) is 21.4 Å². The first-order chi connectivity index (χ1) is 7.20. The molecule has 15 heavy (non-hydrogen) atoms. The van der Waals surface area contributed by atoms with Gasteiger partial charge in [-0.1, -0.05) is 11.6 Å². The predicted octanol–water partition coefficient (Wildman–Crippen LogP) is 3.10.